The zero-order valence-electron chi connectivity index (χ0n) is 16.0. The van der Waals surface area contributed by atoms with Crippen LogP contribution in [0.5, 0.6) is 0 Å². The first kappa shape index (κ1) is 23.1. The first-order valence-corrected chi connectivity index (χ1v) is 9.13. The van der Waals surface area contributed by atoms with Gasteiger partial charge < -0.3 is 15.0 Å². The second kappa shape index (κ2) is 9.55. The molecule has 1 fully saturated rings. The number of amides is 2. The lowest BCUT2D eigenvalue weighted by Gasteiger charge is -2.21. The highest BCUT2D eigenvalue weighted by molar-refractivity contribution is 5.96. The number of nitrogens with one attached hydrogen (secondary N) is 1. The Morgan fingerprint density at radius 1 is 1.30 bits per heavy atom. The van der Waals surface area contributed by atoms with Crippen LogP contribution < -0.4 is 5.32 Å². The van der Waals surface area contributed by atoms with E-state index in [1.807, 2.05) is 5.32 Å². The third-order valence-electron chi connectivity index (χ3n) is 4.45. The number of nitro groups is 1. The molecule has 1 aromatic rings. The number of ether oxygens (including phenoxy) is 1. The third kappa shape index (κ3) is 6.16. The molecule has 2 rings (SSSR count). The summed E-state index contributed by atoms with van der Waals surface area (Å²) in [4.78, 5) is 47.2. The van der Waals surface area contributed by atoms with Gasteiger partial charge in [0.25, 0.3) is 11.6 Å². The molecular weight excluding hydrogens is 411 g/mol. The first-order chi connectivity index (χ1) is 14.0. The van der Waals surface area contributed by atoms with E-state index in [4.69, 9.17) is 4.74 Å². The van der Waals surface area contributed by atoms with Gasteiger partial charge in [-0.25, -0.2) is 0 Å². The molecule has 1 aliphatic heterocycles. The van der Waals surface area contributed by atoms with E-state index in [-0.39, 0.29) is 12.5 Å². The van der Waals surface area contributed by atoms with E-state index >= 15 is 0 Å². The lowest BCUT2D eigenvalue weighted by molar-refractivity contribution is -0.385. The number of rotatable bonds is 6. The number of likely N-dealkylation sites (tertiary alicyclic amines) is 1. The fourth-order valence-electron chi connectivity index (χ4n) is 2.87. The summed E-state index contributed by atoms with van der Waals surface area (Å²) in [6, 6.07) is 1.87. The number of nitro benzene ring substituents is 1. The van der Waals surface area contributed by atoms with Gasteiger partial charge in [-0.15, -0.1) is 0 Å². The molecule has 9 nitrogen and oxygen atoms in total. The minimum atomic E-state index is -4.96. The minimum Gasteiger partial charge on any atom is -0.451 e. The van der Waals surface area contributed by atoms with Crippen molar-refractivity contribution < 1.29 is 37.2 Å². The van der Waals surface area contributed by atoms with Gasteiger partial charge in [0.05, 0.1) is 16.2 Å². The molecular formula is C18H20F3N3O6. The molecule has 1 aliphatic rings. The van der Waals surface area contributed by atoms with E-state index in [2.05, 4.69) is 0 Å². The van der Waals surface area contributed by atoms with E-state index in [1.54, 1.807) is 0 Å². The number of nitrogens with zero attached hydrogens (tertiary/aromatic N) is 2. The molecule has 1 heterocycles. The van der Waals surface area contributed by atoms with Gasteiger partial charge in [-0.3, -0.25) is 24.5 Å². The number of carbonyl (C=O) groups excluding carboxylic acids is 3. The molecule has 1 unspecified atom stereocenters. The van der Waals surface area contributed by atoms with E-state index in [0.29, 0.717) is 19.0 Å². The first-order valence-electron chi connectivity index (χ1n) is 9.13. The van der Waals surface area contributed by atoms with Crippen LogP contribution in [0.15, 0.2) is 18.2 Å². The quantitative estimate of drug-likeness (QED) is 0.420. The third-order valence-corrected chi connectivity index (χ3v) is 4.45. The molecule has 1 saturated heterocycles. The van der Waals surface area contributed by atoms with Crippen LogP contribution in [0, 0.1) is 10.1 Å². The van der Waals surface area contributed by atoms with Crippen LogP contribution in [0.2, 0.25) is 0 Å². The van der Waals surface area contributed by atoms with Gasteiger partial charge in [-0.2, -0.15) is 13.2 Å². The van der Waals surface area contributed by atoms with Crippen LogP contribution in [0.1, 0.15) is 38.2 Å². The van der Waals surface area contributed by atoms with Crippen molar-refractivity contribution in [3.63, 3.8) is 0 Å². The number of carbonyl (C=O) groups is 3. The Balaban J connectivity index is 2.04. The van der Waals surface area contributed by atoms with Crippen LogP contribution in [0.3, 0.4) is 0 Å². The Hall–Kier alpha value is -3.18. The molecule has 0 spiro atoms. The number of esters is 1. The van der Waals surface area contributed by atoms with Gasteiger partial charge in [-0.05, 0) is 25.8 Å². The molecule has 0 aromatic heterocycles. The monoisotopic (exact) mass is 431 g/mol. The average Bonchev–Trinajstić information content (AvgIpc) is 2.85. The summed E-state index contributed by atoms with van der Waals surface area (Å²) in [5.41, 5.74) is -2.90. The van der Waals surface area contributed by atoms with Crippen molar-refractivity contribution >= 4 is 29.2 Å². The summed E-state index contributed by atoms with van der Waals surface area (Å²) < 4.78 is 44.5. The lowest BCUT2D eigenvalue weighted by Crippen LogP contribution is -2.39. The van der Waals surface area contributed by atoms with Crippen molar-refractivity contribution in [3.05, 3.63) is 33.9 Å². The van der Waals surface area contributed by atoms with Crippen LogP contribution in [-0.4, -0.2) is 46.8 Å². The molecule has 0 saturated carbocycles. The topological polar surface area (TPSA) is 119 Å². The Bertz CT molecular complexity index is 843. The number of anilines is 1. The van der Waals surface area contributed by atoms with E-state index < -0.39 is 46.0 Å². The predicted octanol–water partition coefficient (Wildman–Crippen LogP) is 2.89. The van der Waals surface area contributed by atoms with E-state index in [0.717, 1.165) is 38.3 Å². The van der Waals surface area contributed by atoms with Crippen molar-refractivity contribution in [3.8, 4) is 0 Å². The largest absolute Gasteiger partial charge is 0.451 e. The summed E-state index contributed by atoms with van der Waals surface area (Å²) in [5.74, 6) is -2.13. The van der Waals surface area contributed by atoms with Gasteiger partial charge in [0, 0.05) is 25.1 Å². The molecule has 30 heavy (non-hydrogen) atoms. The number of halogens is 3. The Kier molecular flexibility index (Phi) is 7.35. The highest BCUT2D eigenvalue weighted by atomic mass is 19.4. The number of non-ortho nitro benzene ring substituents is 1. The molecule has 1 N–H and O–H groups in total. The lowest BCUT2D eigenvalue weighted by atomic mass is 10.1. The number of hydrogen-bond donors (Lipinski definition) is 1. The maximum absolute atomic E-state index is 13.2. The Morgan fingerprint density at radius 3 is 2.63 bits per heavy atom. The minimum absolute atomic E-state index is 0.206. The molecule has 1 aromatic carbocycles. The van der Waals surface area contributed by atoms with Crippen molar-refractivity contribution in [2.45, 2.75) is 44.9 Å². The highest BCUT2D eigenvalue weighted by Gasteiger charge is 2.36. The van der Waals surface area contributed by atoms with E-state index in [1.165, 1.54) is 4.90 Å². The number of alkyl halides is 3. The summed E-state index contributed by atoms with van der Waals surface area (Å²) in [5, 5.41) is 12.7. The summed E-state index contributed by atoms with van der Waals surface area (Å²) in [7, 11) is 0. The Morgan fingerprint density at radius 2 is 2.00 bits per heavy atom. The highest BCUT2D eigenvalue weighted by Crippen LogP contribution is 2.37. The molecule has 0 bridgehead atoms. The molecule has 12 heteroatoms. The maximum Gasteiger partial charge on any atom is 0.418 e. The van der Waals surface area contributed by atoms with Crippen LogP contribution in [0.25, 0.3) is 0 Å². The molecule has 0 aliphatic carbocycles. The van der Waals surface area contributed by atoms with Crippen LogP contribution >= 0.6 is 0 Å². The Labute approximate surface area is 169 Å². The summed E-state index contributed by atoms with van der Waals surface area (Å²) in [6.45, 7) is 1.18. The van der Waals surface area contributed by atoms with Crippen molar-refractivity contribution in [1.82, 2.24) is 4.90 Å². The average molecular weight is 431 g/mol. The molecule has 1 atom stereocenters. The van der Waals surface area contributed by atoms with Gasteiger partial charge in [-0.1, -0.05) is 6.42 Å². The number of hydrogen-bond acceptors (Lipinski definition) is 6. The van der Waals surface area contributed by atoms with Crippen LogP contribution in [0.4, 0.5) is 24.5 Å². The molecule has 0 radical (unpaired) electrons. The van der Waals surface area contributed by atoms with Gasteiger partial charge in [0.2, 0.25) is 5.91 Å². The van der Waals surface area contributed by atoms with Gasteiger partial charge in [0.1, 0.15) is 6.54 Å². The summed E-state index contributed by atoms with van der Waals surface area (Å²) in [6.07, 6.45) is -3.79. The fourth-order valence-corrected chi connectivity index (χ4v) is 2.87. The van der Waals surface area contributed by atoms with E-state index in [9.17, 15) is 37.7 Å². The molecule has 164 valence electrons. The zero-order chi connectivity index (χ0) is 22.5. The maximum atomic E-state index is 13.2. The second-order valence-electron chi connectivity index (χ2n) is 6.73. The molecule has 2 amide bonds. The van der Waals surface area contributed by atoms with Crippen LogP contribution in [-0.2, 0) is 25.3 Å². The van der Waals surface area contributed by atoms with Gasteiger partial charge in [0.15, 0.2) is 6.10 Å². The summed E-state index contributed by atoms with van der Waals surface area (Å²) >= 11 is 0. The predicted molar refractivity (Wildman–Crippen MR) is 97.3 cm³/mol. The number of benzene rings is 1. The SMILES string of the molecule is CC(OC(=O)CN1CCCCCC1=O)C(=O)Nc1ccc([N+](=O)[O-])cc1C(F)(F)F. The van der Waals surface area contributed by atoms with Crippen molar-refractivity contribution in [2.24, 2.45) is 0 Å². The zero-order valence-corrected chi connectivity index (χ0v) is 16.0. The normalized spacial score (nSPS) is 15.9. The fraction of sp³-hybridized carbons (Fsp3) is 0.500. The van der Waals surface area contributed by atoms with Crippen molar-refractivity contribution in [2.75, 3.05) is 18.4 Å². The second-order valence-corrected chi connectivity index (χ2v) is 6.73. The van der Waals surface area contributed by atoms with Crippen molar-refractivity contribution in [1.29, 1.82) is 0 Å². The smallest absolute Gasteiger partial charge is 0.418 e. The standard InChI is InChI=1S/C18H20F3N3O6/c1-11(30-16(26)10-23-8-4-2-3-5-15(23)25)17(27)22-14-7-6-12(24(28)29)9-13(14)18(19,20)21/h6-7,9,11H,2-5,8,10H2,1H3,(H,22,27). The van der Waals surface area contributed by atoms with Gasteiger partial charge >= 0.3 is 12.1 Å².